The van der Waals surface area contributed by atoms with E-state index in [2.05, 4.69) is 5.73 Å². The van der Waals surface area contributed by atoms with E-state index in [9.17, 15) is 13.6 Å². The van der Waals surface area contributed by atoms with E-state index >= 15 is 0 Å². The van der Waals surface area contributed by atoms with Gasteiger partial charge in [0.05, 0.1) is 5.88 Å². The Morgan fingerprint density at radius 2 is 2.38 bits per heavy atom. The maximum absolute atomic E-state index is 9.74. The van der Waals surface area contributed by atoms with Gasteiger partial charge in [-0.1, -0.05) is 0 Å². The molecule has 0 saturated heterocycles. The number of hydrogen-bond acceptors (Lipinski definition) is 3. The summed E-state index contributed by atoms with van der Waals surface area (Å²) in [7, 11) is 0. The lowest BCUT2D eigenvalue weighted by Crippen LogP contribution is -2.31. The minimum absolute atomic E-state index is 0.421. The molecule has 6 heteroatoms. The molecule has 0 spiro atoms. The molecule has 0 rings (SSSR count). The quantitative estimate of drug-likeness (QED) is 0.453. The fraction of sp³-hybridized carbons (Fsp3) is 0.500. The van der Waals surface area contributed by atoms with Crippen LogP contribution in [0.5, 0.6) is 0 Å². The third-order valence-electron chi connectivity index (χ3n) is 0.364. The van der Waals surface area contributed by atoms with E-state index in [-0.39, 0.29) is 0 Å². The number of urea groups is 1. The number of carbonyl (C=O) groups is 1. The first kappa shape index (κ1) is 7.38. The molecular weight excluding hydrogens is 132 g/mol. The van der Waals surface area contributed by atoms with E-state index in [1.807, 2.05) is 5.32 Å². The van der Waals surface area contributed by atoms with Gasteiger partial charge in [0.25, 0.3) is 0 Å². The second-order valence-corrected chi connectivity index (χ2v) is 1.89. The highest BCUT2D eigenvalue weighted by Gasteiger charge is 1.86. The molecule has 3 N–H and O–H groups in total. The molecule has 0 aliphatic rings. The van der Waals surface area contributed by atoms with Crippen LogP contribution in [0.25, 0.3) is 0 Å². The van der Waals surface area contributed by atoms with E-state index in [1.54, 1.807) is 0 Å². The molecule has 0 radical (unpaired) electrons. The van der Waals surface area contributed by atoms with Crippen LogP contribution in [-0.2, 0) is 11.1 Å². The molecule has 1 unspecified atom stereocenters. The van der Waals surface area contributed by atoms with Crippen LogP contribution in [0, 0.1) is 0 Å². The van der Waals surface area contributed by atoms with Crippen molar-refractivity contribution in [1.82, 2.24) is 5.32 Å². The van der Waals surface area contributed by atoms with Crippen molar-refractivity contribution in [2.45, 2.75) is 0 Å². The Kier molecular flexibility index (Phi) is 3.13. The second-order valence-electron chi connectivity index (χ2n) is 0.989. The highest BCUT2D eigenvalue weighted by molar-refractivity contribution is 7.79. The smallest absolute Gasteiger partial charge is 0.312 e. The molecule has 1 atom stereocenters. The SMILES string of the molecule is NC(=O)NCS(=O)[O-]. The number of nitrogens with two attached hydrogens (primary N) is 1. The monoisotopic (exact) mass is 137 g/mol. The summed E-state index contributed by atoms with van der Waals surface area (Å²) in [5, 5.41) is 1.87. The summed E-state index contributed by atoms with van der Waals surface area (Å²) in [6, 6.07) is -0.839. The number of primary amides is 1. The van der Waals surface area contributed by atoms with Crippen LogP contribution in [0.3, 0.4) is 0 Å². The zero-order valence-electron chi connectivity index (χ0n) is 3.92. The molecule has 0 aliphatic heterocycles. The minimum atomic E-state index is -2.25. The molecule has 0 aromatic carbocycles. The van der Waals surface area contributed by atoms with E-state index < -0.39 is 23.0 Å². The molecule has 2 amide bonds. The van der Waals surface area contributed by atoms with E-state index in [4.69, 9.17) is 0 Å². The van der Waals surface area contributed by atoms with Gasteiger partial charge in [-0.2, -0.15) is 0 Å². The molecule has 0 bridgehead atoms. The summed E-state index contributed by atoms with van der Waals surface area (Å²) in [6.07, 6.45) is 0. The zero-order valence-corrected chi connectivity index (χ0v) is 4.73. The van der Waals surface area contributed by atoms with Gasteiger partial charge < -0.3 is 15.6 Å². The minimum Gasteiger partial charge on any atom is -0.771 e. The van der Waals surface area contributed by atoms with Crippen molar-refractivity contribution in [2.75, 3.05) is 5.88 Å². The van der Waals surface area contributed by atoms with Crippen molar-refractivity contribution < 1.29 is 13.6 Å². The molecule has 8 heavy (non-hydrogen) atoms. The normalized spacial score (nSPS) is 12.6. The average molecular weight is 137 g/mol. The lowest BCUT2D eigenvalue weighted by molar-refractivity contribution is 0.250. The van der Waals surface area contributed by atoms with Crippen LogP contribution in [0.15, 0.2) is 0 Å². The van der Waals surface area contributed by atoms with Crippen LogP contribution < -0.4 is 11.1 Å². The summed E-state index contributed by atoms with van der Waals surface area (Å²) in [4.78, 5) is 9.74. The Hall–Kier alpha value is -0.620. The molecule has 5 nitrogen and oxygen atoms in total. The molecule has 0 fully saturated rings. The van der Waals surface area contributed by atoms with E-state index in [0.717, 1.165) is 0 Å². The van der Waals surface area contributed by atoms with Gasteiger partial charge in [0.2, 0.25) is 0 Å². The Morgan fingerprint density at radius 3 is 2.50 bits per heavy atom. The van der Waals surface area contributed by atoms with Gasteiger partial charge in [0, 0.05) is 0 Å². The van der Waals surface area contributed by atoms with Crippen LogP contribution in [0.4, 0.5) is 4.79 Å². The van der Waals surface area contributed by atoms with Gasteiger partial charge in [0.15, 0.2) is 0 Å². The lowest BCUT2D eigenvalue weighted by atomic mass is 11.0. The Labute approximate surface area is 48.5 Å². The second kappa shape index (κ2) is 3.39. The summed E-state index contributed by atoms with van der Waals surface area (Å²) in [6.45, 7) is 0. The number of carbonyl (C=O) groups excluding carboxylic acids is 1. The first-order valence-corrected chi connectivity index (χ1v) is 2.96. The van der Waals surface area contributed by atoms with Crippen molar-refractivity contribution in [1.29, 1.82) is 0 Å². The van der Waals surface area contributed by atoms with Crippen molar-refractivity contribution in [3.63, 3.8) is 0 Å². The maximum Gasteiger partial charge on any atom is 0.312 e. The first-order valence-electron chi connectivity index (χ1n) is 1.72. The highest BCUT2D eigenvalue weighted by Crippen LogP contribution is 1.64. The van der Waals surface area contributed by atoms with E-state index in [1.165, 1.54) is 0 Å². The summed E-state index contributed by atoms with van der Waals surface area (Å²) >= 11 is -2.25. The molecular formula is C2H5N2O3S-. The molecule has 0 aromatic heterocycles. The maximum atomic E-state index is 9.74. The number of nitrogens with one attached hydrogen (secondary N) is 1. The third kappa shape index (κ3) is 5.38. The molecule has 48 valence electrons. The van der Waals surface area contributed by atoms with Crippen molar-refractivity contribution in [3.8, 4) is 0 Å². The van der Waals surface area contributed by atoms with Gasteiger partial charge in [-0.15, -0.1) is 0 Å². The van der Waals surface area contributed by atoms with Gasteiger partial charge in [0.1, 0.15) is 0 Å². The Balaban J connectivity index is 3.18. The predicted octanol–water partition coefficient (Wildman–Crippen LogP) is -1.51. The van der Waals surface area contributed by atoms with Crippen LogP contribution in [0.2, 0.25) is 0 Å². The highest BCUT2D eigenvalue weighted by atomic mass is 32.2. The molecule has 0 aromatic rings. The fourth-order valence-electron chi connectivity index (χ4n) is 0.130. The summed E-state index contributed by atoms with van der Waals surface area (Å²) in [5.74, 6) is -0.421. The largest absolute Gasteiger partial charge is 0.771 e. The van der Waals surface area contributed by atoms with Crippen molar-refractivity contribution in [2.24, 2.45) is 5.73 Å². The lowest BCUT2D eigenvalue weighted by Gasteiger charge is -2.02. The van der Waals surface area contributed by atoms with Crippen LogP contribution in [0.1, 0.15) is 0 Å². The van der Waals surface area contributed by atoms with Gasteiger partial charge >= 0.3 is 6.03 Å². The van der Waals surface area contributed by atoms with Gasteiger partial charge in [-0.25, -0.2) is 4.79 Å². The predicted molar refractivity (Wildman–Crippen MR) is 26.5 cm³/mol. The Bertz CT molecular complexity index is 99.9. The third-order valence-corrected chi connectivity index (χ3v) is 0.744. The molecule has 0 saturated carbocycles. The Morgan fingerprint density at radius 1 is 1.88 bits per heavy atom. The van der Waals surface area contributed by atoms with Gasteiger partial charge in [-0.05, 0) is 11.1 Å². The molecule has 0 heterocycles. The first-order chi connectivity index (χ1) is 3.63. The zero-order chi connectivity index (χ0) is 6.57. The summed E-state index contributed by atoms with van der Waals surface area (Å²) < 4.78 is 19.3. The van der Waals surface area contributed by atoms with Crippen LogP contribution >= 0.6 is 0 Å². The van der Waals surface area contributed by atoms with Gasteiger partial charge in [-0.3, -0.25) is 4.21 Å². The average Bonchev–Trinajstić information content (AvgIpc) is 1.61. The van der Waals surface area contributed by atoms with E-state index in [0.29, 0.717) is 0 Å². The number of rotatable bonds is 2. The summed E-state index contributed by atoms with van der Waals surface area (Å²) in [5.41, 5.74) is 4.52. The van der Waals surface area contributed by atoms with Crippen molar-refractivity contribution in [3.05, 3.63) is 0 Å². The van der Waals surface area contributed by atoms with Crippen LogP contribution in [-0.4, -0.2) is 20.7 Å². The van der Waals surface area contributed by atoms with Crippen molar-refractivity contribution >= 4 is 17.1 Å². The standard InChI is InChI=1S/C2H6N2O3S/c3-2(5)4-1-8(6)7/h1H2,(H,6,7)(H3,3,4,5)/p-1. The molecule has 0 aliphatic carbocycles. The number of hydrogen-bond donors (Lipinski definition) is 2. The topological polar surface area (TPSA) is 95.2 Å². The number of amides is 2. The fourth-order valence-corrected chi connectivity index (χ4v) is 0.390.